The number of rotatable bonds is 5. The van der Waals surface area contributed by atoms with Gasteiger partial charge in [-0.25, -0.2) is 0 Å². The van der Waals surface area contributed by atoms with Crippen LogP contribution in [0.3, 0.4) is 0 Å². The van der Waals surface area contributed by atoms with E-state index in [1.807, 2.05) is 55.6 Å². The molecule has 2 aromatic rings. The van der Waals surface area contributed by atoms with Gasteiger partial charge in [-0.05, 0) is 43.5 Å². The molecule has 0 aliphatic carbocycles. The smallest absolute Gasteiger partial charge is 0.227 e. The number of hydrogen-bond acceptors (Lipinski definition) is 4. The van der Waals surface area contributed by atoms with Gasteiger partial charge in [0.2, 0.25) is 11.8 Å². The first-order chi connectivity index (χ1) is 14.1. The van der Waals surface area contributed by atoms with Crippen molar-refractivity contribution in [3.05, 3.63) is 59.9 Å². The van der Waals surface area contributed by atoms with Crippen molar-refractivity contribution >= 4 is 17.5 Å². The molecule has 2 amide bonds. The molecule has 0 spiro atoms. The van der Waals surface area contributed by atoms with E-state index in [0.29, 0.717) is 13.0 Å². The number of likely N-dealkylation sites (tertiary alicyclic amines) is 1. The van der Waals surface area contributed by atoms with Crippen molar-refractivity contribution in [3.63, 3.8) is 0 Å². The van der Waals surface area contributed by atoms with E-state index in [1.54, 1.807) is 4.90 Å². The normalized spacial score (nSPS) is 20.8. The number of aromatic nitrogens is 1. The maximum Gasteiger partial charge on any atom is 0.227 e. The third-order valence-corrected chi connectivity index (χ3v) is 5.95. The fourth-order valence-electron chi connectivity index (χ4n) is 4.26. The van der Waals surface area contributed by atoms with Crippen LogP contribution in [0.25, 0.3) is 0 Å². The van der Waals surface area contributed by atoms with Crippen molar-refractivity contribution in [2.45, 2.75) is 38.8 Å². The molecule has 1 atom stereocenters. The second-order valence-corrected chi connectivity index (χ2v) is 8.07. The van der Waals surface area contributed by atoms with E-state index >= 15 is 0 Å². The van der Waals surface area contributed by atoms with Crippen LogP contribution in [0.4, 0.5) is 5.69 Å². The Hall–Kier alpha value is -2.73. The Morgan fingerprint density at radius 1 is 1.14 bits per heavy atom. The number of carbonyl (C=O) groups excluding carboxylic acids is 2. The Kier molecular flexibility index (Phi) is 5.90. The molecule has 0 saturated carbocycles. The monoisotopic (exact) mass is 392 g/mol. The summed E-state index contributed by atoms with van der Waals surface area (Å²) in [4.78, 5) is 33.8. The van der Waals surface area contributed by atoms with Crippen molar-refractivity contribution in [2.24, 2.45) is 5.92 Å². The van der Waals surface area contributed by atoms with E-state index in [-0.39, 0.29) is 23.8 Å². The Morgan fingerprint density at radius 3 is 2.62 bits per heavy atom. The Morgan fingerprint density at radius 2 is 1.90 bits per heavy atom. The third kappa shape index (κ3) is 4.65. The highest BCUT2D eigenvalue weighted by molar-refractivity contribution is 6.00. The summed E-state index contributed by atoms with van der Waals surface area (Å²) in [5, 5.41) is 3.19. The van der Waals surface area contributed by atoms with Crippen LogP contribution in [0, 0.1) is 12.8 Å². The van der Waals surface area contributed by atoms with Crippen molar-refractivity contribution in [1.82, 2.24) is 15.2 Å². The van der Waals surface area contributed by atoms with Gasteiger partial charge in [-0.1, -0.05) is 24.3 Å². The van der Waals surface area contributed by atoms with Crippen LogP contribution in [-0.2, 0) is 16.1 Å². The van der Waals surface area contributed by atoms with E-state index in [2.05, 4.69) is 15.2 Å². The van der Waals surface area contributed by atoms with E-state index in [0.717, 1.165) is 49.4 Å². The van der Waals surface area contributed by atoms with Crippen LogP contribution in [0.5, 0.6) is 0 Å². The molecular formula is C23H28N4O2. The number of para-hydroxylation sites is 1. The Balaban J connectivity index is 1.27. The zero-order chi connectivity index (χ0) is 20.2. The molecule has 1 aromatic heterocycles. The van der Waals surface area contributed by atoms with Gasteiger partial charge < -0.3 is 10.2 Å². The lowest BCUT2D eigenvalue weighted by molar-refractivity contribution is -0.127. The standard InChI is InChI=1S/C23H28N4O2/c1-17-6-2-3-8-21(17)27-15-18(14-22(27)28)23(29)25-19-9-12-26(13-10-19)16-20-7-4-5-11-24-20/h2-8,11,18-19H,9-10,12-16H2,1H3,(H,25,29)/t18-/m0/s1. The average molecular weight is 393 g/mol. The minimum Gasteiger partial charge on any atom is -0.353 e. The first-order valence-corrected chi connectivity index (χ1v) is 10.4. The molecule has 2 fully saturated rings. The van der Waals surface area contributed by atoms with Gasteiger partial charge in [-0.2, -0.15) is 0 Å². The largest absolute Gasteiger partial charge is 0.353 e. The average Bonchev–Trinajstić information content (AvgIpc) is 3.12. The Labute approximate surface area is 171 Å². The lowest BCUT2D eigenvalue weighted by atomic mass is 10.0. The molecule has 0 unspecified atom stereocenters. The lowest BCUT2D eigenvalue weighted by Gasteiger charge is -2.32. The van der Waals surface area contributed by atoms with Gasteiger partial charge in [0.15, 0.2) is 0 Å². The maximum absolute atomic E-state index is 12.8. The molecule has 0 bridgehead atoms. The number of nitrogens with one attached hydrogen (secondary N) is 1. The first-order valence-electron chi connectivity index (χ1n) is 10.4. The minimum absolute atomic E-state index is 0.0117. The second kappa shape index (κ2) is 8.74. The van der Waals surface area contributed by atoms with Crippen LogP contribution in [0.1, 0.15) is 30.5 Å². The highest BCUT2D eigenvalue weighted by Gasteiger charge is 2.36. The second-order valence-electron chi connectivity index (χ2n) is 8.07. The number of nitrogens with zero attached hydrogens (tertiary/aromatic N) is 3. The van der Waals surface area contributed by atoms with Crippen molar-refractivity contribution in [2.75, 3.05) is 24.5 Å². The topological polar surface area (TPSA) is 65.5 Å². The fraction of sp³-hybridized carbons (Fsp3) is 0.435. The number of anilines is 1. The molecule has 0 radical (unpaired) electrons. The quantitative estimate of drug-likeness (QED) is 0.849. The zero-order valence-corrected chi connectivity index (χ0v) is 16.9. The van der Waals surface area contributed by atoms with E-state index in [4.69, 9.17) is 0 Å². The molecule has 29 heavy (non-hydrogen) atoms. The number of hydrogen-bond donors (Lipinski definition) is 1. The lowest BCUT2D eigenvalue weighted by Crippen LogP contribution is -2.46. The zero-order valence-electron chi connectivity index (χ0n) is 16.9. The molecule has 2 saturated heterocycles. The third-order valence-electron chi connectivity index (χ3n) is 5.95. The van der Waals surface area contributed by atoms with Crippen molar-refractivity contribution in [1.29, 1.82) is 0 Å². The Bertz CT molecular complexity index is 862. The van der Waals surface area contributed by atoms with Gasteiger partial charge in [0, 0.05) is 50.5 Å². The van der Waals surface area contributed by atoms with E-state index in [9.17, 15) is 9.59 Å². The number of piperidine rings is 1. The highest BCUT2D eigenvalue weighted by Crippen LogP contribution is 2.28. The van der Waals surface area contributed by atoms with Gasteiger partial charge in [-0.15, -0.1) is 0 Å². The highest BCUT2D eigenvalue weighted by atomic mass is 16.2. The minimum atomic E-state index is -0.270. The van der Waals surface area contributed by atoms with Crippen LogP contribution in [-0.4, -0.2) is 47.4 Å². The molecule has 3 heterocycles. The molecule has 4 rings (SSSR count). The molecule has 2 aliphatic rings. The summed E-state index contributed by atoms with van der Waals surface area (Å²) in [6.45, 7) is 5.20. The van der Waals surface area contributed by atoms with Crippen LogP contribution in [0.2, 0.25) is 0 Å². The maximum atomic E-state index is 12.8. The molecule has 6 heteroatoms. The molecule has 2 aliphatic heterocycles. The number of aryl methyl sites for hydroxylation is 1. The van der Waals surface area contributed by atoms with E-state index < -0.39 is 0 Å². The van der Waals surface area contributed by atoms with Crippen LogP contribution >= 0.6 is 0 Å². The summed E-state index contributed by atoms with van der Waals surface area (Å²) >= 11 is 0. The predicted molar refractivity (Wildman–Crippen MR) is 112 cm³/mol. The van der Waals surface area contributed by atoms with Crippen LogP contribution in [0.15, 0.2) is 48.7 Å². The predicted octanol–water partition coefficient (Wildman–Crippen LogP) is 2.52. The summed E-state index contributed by atoms with van der Waals surface area (Å²) in [5.74, 6) is -0.226. The summed E-state index contributed by atoms with van der Waals surface area (Å²) in [6, 6.07) is 14.0. The fourth-order valence-corrected chi connectivity index (χ4v) is 4.26. The summed E-state index contributed by atoms with van der Waals surface area (Å²) < 4.78 is 0. The molecule has 152 valence electrons. The van der Waals surface area contributed by atoms with Gasteiger partial charge >= 0.3 is 0 Å². The molecule has 1 aromatic carbocycles. The van der Waals surface area contributed by atoms with Crippen LogP contribution < -0.4 is 10.2 Å². The summed E-state index contributed by atoms with van der Waals surface area (Å²) in [5.41, 5.74) is 3.05. The first kappa shape index (κ1) is 19.6. The van der Waals surface area contributed by atoms with E-state index in [1.165, 1.54) is 0 Å². The number of benzene rings is 1. The van der Waals surface area contributed by atoms with Gasteiger partial charge in [0.25, 0.3) is 0 Å². The summed E-state index contributed by atoms with van der Waals surface area (Å²) in [7, 11) is 0. The van der Waals surface area contributed by atoms with Gasteiger partial charge in [-0.3, -0.25) is 19.5 Å². The molecule has 6 nitrogen and oxygen atoms in total. The number of amides is 2. The molecule has 1 N–H and O–H groups in total. The van der Waals surface area contributed by atoms with Gasteiger partial charge in [0.05, 0.1) is 11.6 Å². The number of pyridine rings is 1. The van der Waals surface area contributed by atoms with Crippen molar-refractivity contribution in [3.8, 4) is 0 Å². The summed E-state index contributed by atoms with van der Waals surface area (Å²) in [6.07, 6.45) is 3.98. The molecular weight excluding hydrogens is 364 g/mol. The SMILES string of the molecule is Cc1ccccc1N1C[C@@H](C(=O)NC2CCN(Cc3ccccn3)CC2)CC1=O. The van der Waals surface area contributed by atoms with Crippen molar-refractivity contribution < 1.29 is 9.59 Å². The van der Waals surface area contributed by atoms with Gasteiger partial charge in [0.1, 0.15) is 0 Å². The number of carbonyl (C=O) groups is 2.